The first-order chi connectivity index (χ1) is 12.3. The number of nitrogens with one attached hydrogen (secondary N) is 2. The number of aromatic hydroxyl groups is 1. The SMILES string of the molecule is N#Cc1ncc(NCc2cc(O)c(N3CC(=O)NS3(=O)=O)c(F)c2)cn1. The molecule has 1 aromatic heterocycles. The van der Waals surface area contributed by atoms with Crippen LogP contribution < -0.4 is 14.3 Å². The maximum Gasteiger partial charge on any atom is 0.326 e. The lowest BCUT2D eigenvalue weighted by molar-refractivity contribution is -0.117. The third-order valence-electron chi connectivity index (χ3n) is 3.42. The summed E-state index contributed by atoms with van der Waals surface area (Å²) in [6.07, 6.45) is 2.73. The normalized spacial score (nSPS) is 15.4. The number of anilines is 2. The molecule has 12 heteroatoms. The maximum atomic E-state index is 14.4. The molecule has 2 aromatic rings. The second-order valence-corrected chi connectivity index (χ2v) is 6.84. The number of aromatic nitrogens is 2. The molecule has 26 heavy (non-hydrogen) atoms. The number of hydrogen-bond acceptors (Lipinski definition) is 8. The Hall–Kier alpha value is -3.46. The number of hydrogen-bond donors (Lipinski definition) is 3. The summed E-state index contributed by atoms with van der Waals surface area (Å²) in [5, 5.41) is 21.5. The number of phenolic OH excluding ortho intramolecular Hbond substituents is 1. The van der Waals surface area contributed by atoms with E-state index in [1.165, 1.54) is 18.5 Å². The van der Waals surface area contributed by atoms with Gasteiger partial charge in [-0.05, 0) is 17.7 Å². The van der Waals surface area contributed by atoms with Gasteiger partial charge >= 0.3 is 10.2 Å². The number of benzene rings is 1. The Kier molecular flexibility index (Phi) is 4.31. The number of amides is 1. The van der Waals surface area contributed by atoms with Crippen LogP contribution in [0.5, 0.6) is 5.75 Å². The van der Waals surface area contributed by atoms with Gasteiger partial charge in [0, 0.05) is 6.54 Å². The molecule has 1 aromatic carbocycles. The molecule has 1 saturated heterocycles. The molecule has 3 N–H and O–H groups in total. The van der Waals surface area contributed by atoms with Gasteiger partial charge < -0.3 is 10.4 Å². The average Bonchev–Trinajstić information content (AvgIpc) is 2.85. The Morgan fingerprint density at radius 3 is 2.62 bits per heavy atom. The summed E-state index contributed by atoms with van der Waals surface area (Å²) in [6, 6.07) is 3.98. The Morgan fingerprint density at radius 2 is 2.08 bits per heavy atom. The van der Waals surface area contributed by atoms with Crippen molar-refractivity contribution in [1.29, 1.82) is 5.26 Å². The molecule has 1 aliphatic rings. The number of carbonyl (C=O) groups excluding carboxylic acids is 1. The first-order valence-electron chi connectivity index (χ1n) is 7.11. The van der Waals surface area contributed by atoms with E-state index < -0.39 is 39.9 Å². The highest BCUT2D eigenvalue weighted by Gasteiger charge is 2.37. The number of nitrogens with zero attached hydrogens (tertiary/aromatic N) is 4. The van der Waals surface area contributed by atoms with Crippen LogP contribution >= 0.6 is 0 Å². The molecule has 1 amide bonds. The van der Waals surface area contributed by atoms with Crippen LogP contribution in [0.1, 0.15) is 11.4 Å². The van der Waals surface area contributed by atoms with E-state index >= 15 is 0 Å². The van der Waals surface area contributed by atoms with Gasteiger partial charge in [0.25, 0.3) is 5.91 Å². The topological polar surface area (TPSA) is 148 Å². The predicted molar refractivity (Wildman–Crippen MR) is 86.5 cm³/mol. The summed E-state index contributed by atoms with van der Waals surface area (Å²) in [5.41, 5.74) is 0.169. The van der Waals surface area contributed by atoms with Gasteiger partial charge in [-0.25, -0.2) is 23.4 Å². The summed E-state index contributed by atoms with van der Waals surface area (Å²) in [4.78, 5) is 18.8. The quantitative estimate of drug-likeness (QED) is 0.672. The third kappa shape index (κ3) is 3.33. The number of rotatable bonds is 4. The number of phenols is 1. The molecule has 0 radical (unpaired) electrons. The summed E-state index contributed by atoms with van der Waals surface area (Å²) >= 11 is 0. The molecule has 0 aliphatic carbocycles. The van der Waals surface area contributed by atoms with E-state index in [1.807, 2.05) is 0 Å². The van der Waals surface area contributed by atoms with Gasteiger partial charge in [-0.2, -0.15) is 13.7 Å². The lowest BCUT2D eigenvalue weighted by atomic mass is 10.1. The molecule has 0 bridgehead atoms. The van der Waals surface area contributed by atoms with Gasteiger partial charge in [0.1, 0.15) is 24.1 Å². The maximum absolute atomic E-state index is 14.4. The zero-order valence-electron chi connectivity index (χ0n) is 13.0. The van der Waals surface area contributed by atoms with E-state index in [0.29, 0.717) is 15.6 Å². The summed E-state index contributed by atoms with van der Waals surface area (Å²) in [6.45, 7) is -0.545. The van der Waals surface area contributed by atoms with Gasteiger partial charge in [0.05, 0.1) is 18.1 Å². The van der Waals surface area contributed by atoms with Gasteiger partial charge in [-0.1, -0.05) is 0 Å². The number of halogens is 1. The second-order valence-electron chi connectivity index (χ2n) is 5.24. The van der Waals surface area contributed by atoms with Crippen molar-refractivity contribution in [3.05, 3.63) is 41.7 Å². The Balaban J connectivity index is 1.81. The van der Waals surface area contributed by atoms with E-state index in [2.05, 4.69) is 15.3 Å². The van der Waals surface area contributed by atoms with Gasteiger partial charge in [-0.15, -0.1) is 0 Å². The minimum atomic E-state index is -4.23. The highest BCUT2D eigenvalue weighted by molar-refractivity contribution is 7.92. The van der Waals surface area contributed by atoms with Crippen LogP contribution in [-0.4, -0.2) is 35.9 Å². The van der Waals surface area contributed by atoms with Crippen molar-refractivity contribution in [1.82, 2.24) is 14.7 Å². The molecule has 0 atom stereocenters. The van der Waals surface area contributed by atoms with Crippen LogP contribution in [0.2, 0.25) is 0 Å². The zero-order chi connectivity index (χ0) is 18.9. The summed E-state index contributed by atoms with van der Waals surface area (Å²) in [7, 11) is -4.23. The van der Waals surface area contributed by atoms with E-state index in [0.717, 1.165) is 6.07 Å². The van der Waals surface area contributed by atoms with Gasteiger partial charge in [0.2, 0.25) is 5.82 Å². The largest absolute Gasteiger partial charge is 0.506 e. The van der Waals surface area contributed by atoms with Crippen LogP contribution in [0.25, 0.3) is 0 Å². The van der Waals surface area contributed by atoms with Crippen LogP contribution in [0.3, 0.4) is 0 Å². The van der Waals surface area contributed by atoms with Crippen molar-refractivity contribution >= 4 is 27.5 Å². The van der Waals surface area contributed by atoms with Crippen LogP contribution in [0, 0.1) is 17.1 Å². The Labute approximate surface area is 147 Å². The summed E-state index contributed by atoms with van der Waals surface area (Å²) < 4.78 is 40.1. The first kappa shape index (κ1) is 17.4. The Morgan fingerprint density at radius 1 is 1.38 bits per heavy atom. The molecule has 10 nitrogen and oxygen atoms in total. The van der Waals surface area contributed by atoms with Crippen LogP contribution in [0.4, 0.5) is 15.8 Å². The van der Waals surface area contributed by atoms with E-state index in [1.54, 1.807) is 10.8 Å². The lowest BCUT2D eigenvalue weighted by Crippen LogP contribution is -2.30. The Bertz CT molecular complexity index is 996. The van der Waals surface area contributed by atoms with Gasteiger partial charge in [0.15, 0.2) is 5.82 Å². The van der Waals surface area contributed by atoms with E-state index in [-0.39, 0.29) is 12.4 Å². The van der Waals surface area contributed by atoms with Crippen molar-refractivity contribution in [3.8, 4) is 11.8 Å². The molecule has 1 aliphatic heterocycles. The highest BCUT2D eigenvalue weighted by Crippen LogP contribution is 2.34. The molecule has 0 unspecified atom stereocenters. The second kappa shape index (κ2) is 6.45. The van der Waals surface area contributed by atoms with E-state index in [9.17, 15) is 22.7 Å². The third-order valence-corrected chi connectivity index (χ3v) is 4.80. The van der Waals surface area contributed by atoms with Crippen LogP contribution in [-0.2, 0) is 21.5 Å². The monoisotopic (exact) mass is 378 g/mol. The fourth-order valence-electron chi connectivity index (χ4n) is 2.32. The molecule has 0 spiro atoms. The standard InChI is InChI=1S/C14H11FN6O4S/c15-10-1-8(4-17-9-5-18-12(3-16)19-6-9)2-11(22)14(10)21-7-13(23)20-26(21,24)25/h1-2,5-6,17,22H,4,7H2,(H,20,23). The molecular weight excluding hydrogens is 367 g/mol. The molecule has 0 saturated carbocycles. The fraction of sp³-hybridized carbons (Fsp3) is 0.143. The minimum absolute atomic E-state index is 0.00132. The predicted octanol–water partition coefficient (Wildman–Crippen LogP) is -0.0139. The molecule has 2 heterocycles. The zero-order valence-corrected chi connectivity index (χ0v) is 13.8. The molecule has 3 rings (SSSR count). The number of carbonyl (C=O) groups is 1. The lowest BCUT2D eigenvalue weighted by Gasteiger charge is -2.18. The minimum Gasteiger partial charge on any atom is -0.506 e. The van der Waals surface area contributed by atoms with Crippen LogP contribution in [0.15, 0.2) is 24.5 Å². The van der Waals surface area contributed by atoms with Crippen molar-refractivity contribution < 1.29 is 22.7 Å². The number of nitriles is 1. The first-order valence-corrected chi connectivity index (χ1v) is 8.55. The molecule has 1 fully saturated rings. The van der Waals surface area contributed by atoms with Crippen molar-refractivity contribution in [2.24, 2.45) is 0 Å². The molecule has 134 valence electrons. The fourth-order valence-corrected chi connectivity index (χ4v) is 3.49. The van der Waals surface area contributed by atoms with Crippen molar-refractivity contribution in [2.75, 3.05) is 16.2 Å². The van der Waals surface area contributed by atoms with E-state index in [4.69, 9.17) is 5.26 Å². The average molecular weight is 378 g/mol. The van der Waals surface area contributed by atoms with Crippen molar-refractivity contribution in [2.45, 2.75) is 6.54 Å². The smallest absolute Gasteiger partial charge is 0.326 e. The van der Waals surface area contributed by atoms with Crippen molar-refractivity contribution in [3.63, 3.8) is 0 Å². The molecular formula is C14H11FN6O4S. The highest BCUT2D eigenvalue weighted by atomic mass is 32.2. The summed E-state index contributed by atoms with van der Waals surface area (Å²) in [5.74, 6) is -2.45. The van der Waals surface area contributed by atoms with Gasteiger partial charge in [-0.3, -0.25) is 4.79 Å².